The summed E-state index contributed by atoms with van der Waals surface area (Å²) < 4.78 is 48.7. The highest BCUT2D eigenvalue weighted by Crippen LogP contribution is 2.55. The van der Waals surface area contributed by atoms with Gasteiger partial charge in [-0.15, -0.1) is 0 Å². The highest BCUT2D eigenvalue weighted by atomic mass is 32.2. The number of nitrogens with zero attached hydrogens (tertiary/aromatic N) is 6. The molecular weight excluding hydrogens is 911 g/mol. The van der Waals surface area contributed by atoms with Crippen molar-refractivity contribution in [1.29, 1.82) is 0 Å². The van der Waals surface area contributed by atoms with Crippen molar-refractivity contribution in [2.45, 2.75) is 100 Å². The van der Waals surface area contributed by atoms with Crippen molar-refractivity contribution in [2.24, 2.45) is 5.41 Å². The van der Waals surface area contributed by atoms with Gasteiger partial charge in [0.2, 0.25) is 5.88 Å². The summed E-state index contributed by atoms with van der Waals surface area (Å²) in [5.74, 6) is -0.465. The minimum atomic E-state index is -4.66. The number of anilines is 4. The van der Waals surface area contributed by atoms with Crippen LogP contribution in [0.5, 0.6) is 11.6 Å². The molecule has 5 aromatic rings. The normalized spacial score (nSPS) is 25.2. The van der Waals surface area contributed by atoms with Gasteiger partial charge >= 0.3 is 0 Å². The zero-order valence-corrected chi connectivity index (χ0v) is 40.4. The van der Waals surface area contributed by atoms with Crippen LogP contribution in [0.15, 0.2) is 84.4 Å². The summed E-state index contributed by atoms with van der Waals surface area (Å²) in [4.78, 5) is 43.3. The van der Waals surface area contributed by atoms with Gasteiger partial charge in [0.05, 0.1) is 46.4 Å². The monoisotopic (exact) mass is 969 g/mol. The average molecular weight is 970 g/mol. The molecule has 6 aliphatic heterocycles. The van der Waals surface area contributed by atoms with Crippen molar-refractivity contribution in [3.63, 3.8) is 0 Å². The zero-order valence-electron chi connectivity index (χ0n) is 39.6. The van der Waals surface area contributed by atoms with Crippen LogP contribution in [0.25, 0.3) is 16.6 Å². The lowest BCUT2D eigenvalue weighted by atomic mass is 9.59. The molecule has 1 amide bonds. The predicted octanol–water partition coefficient (Wildman–Crippen LogP) is 7.77. The van der Waals surface area contributed by atoms with Gasteiger partial charge in [0.1, 0.15) is 24.0 Å². The smallest absolute Gasteiger partial charge is 0.297 e. The van der Waals surface area contributed by atoms with Crippen LogP contribution in [0.3, 0.4) is 0 Å². The molecule has 366 valence electrons. The first kappa shape index (κ1) is 45.0. The van der Waals surface area contributed by atoms with E-state index in [9.17, 15) is 23.3 Å². The highest BCUT2D eigenvalue weighted by molar-refractivity contribution is 7.90. The molecule has 4 saturated heterocycles. The Hall–Kier alpha value is -6.21. The van der Waals surface area contributed by atoms with Crippen molar-refractivity contribution in [2.75, 3.05) is 67.6 Å². The van der Waals surface area contributed by atoms with Crippen molar-refractivity contribution in [3.8, 4) is 11.6 Å². The van der Waals surface area contributed by atoms with E-state index in [4.69, 9.17) is 19.2 Å². The maximum Gasteiger partial charge on any atom is 0.297 e. The number of sulfonamides is 1. The number of benzene rings is 3. The molecule has 5 fully saturated rings. The molecule has 3 N–H and O–H groups in total. The zero-order chi connectivity index (χ0) is 48.1. The molecule has 7 aliphatic rings. The number of nitro benzene ring substituents is 1. The third-order valence-electron chi connectivity index (χ3n) is 16.2. The number of nitrogens with one attached hydrogen (secondary N) is 3. The van der Waals surface area contributed by atoms with Crippen LogP contribution in [0.4, 0.5) is 28.4 Å². The Morgan fingerprint density at radius 1 is 1.00 bits per heavy atom. The van der Waals surface area contributed by atoms with Crippen LogP contribution in [0.2, 0.25) is 0 Å². The lowest BCUT2D eigenvalue weighted by molar-refractivity contribution is -0.384. The number of hydrogen-bond donors (Lipinski definition) is 3. The van der Waals surface area contributed by atoms with E-state index in [-0.39, 0.29) is 47.3 Å². The molecule has 5 atom stereocenters. The molecule has 2 aromatic heterocycles. The number of carbonyl (C=O) groups excluding carboxylic acids is 1. The number of hydrogen-bond acceptors (Lipinski definition) is 14. The maximum atomic E-state index is 14.6. The summed E-state index contributed by atoms with van der Waals surface area (Å²) in [6, 6.07) is 21.4. The second-order valence-corrected chi connectivity index (χ2v) is 22.4. The van der Waals surface area contributed by atoms with Gasteiger partial charge in [-0.1, -0.05) is 36.4 Å². The fourth-order valence-corrected chi connectivity index (χ4v) is 13.6. The fraction of sp³-hybridized carbons (Fsp3) is 0.462. The van der Waals surface area contributed by atoms with Crippen LogP contribution in [0, 0.1) is 15.5 Å². The summed E-state index contributed by atoms with van der Waals surface area (Å²) in [7, 11) is -4.66. The van der Waals surface area contributed by atoms with Crippen molar-refractivity contribution >= 4 is 61.0 Å². The molecule has 0 radical (unpaired) electrons. The number of morpholine rings is 1. The summed E-state index contributed by atoms with van der Waals surface area (Å²) >= 11 is 0. The first-order valence-corrected chi connectivity index (χ1v) is 26.2. The summed E-state index contributed by atoms with van der Waals surface area (Å²) in [5.41, 5.74) is 6.54. The quantitative estimate of drug-likeness (QED) is 0.0860. The standard InChI is InChI=1S/C52H59N9O8S/c1-31(2)40-7-4-5-8-41(40)43-9-6-16-59(43)37-24-52(25-37)13-17-57(18-14-52)35-10-11-42(44(21-35)60-26-32(3)69-51-46(60)19-33-12-15-53-49(33)55-51)50(62)56-70(65,66)39-22-45(61(63)64)48-47(23-39)68-29-34(54-48)27-58-28-38-20-36(58)30-67-38/h4-5,7-8,10-12,15,19,21-23,32,34,36-38,43,54H,1,6,9,13-14,16-18,20,24-30H2,2-3H3,(H,53,55)(H,56,62)/t32-,34-,36-,38-,43+/m1/s1. The minimum absolute atomic E-state index is 0.0300. The van der Waals surface area contributed by atoms with Crippen LogP contribution in [0.1, 0.15) is 86.3 Å². The van der Waals surface area contributed by atoms with E-state index in [1.807, 2.05) is 36.1 Å². The lowest BCUT2D eigenvalue weighted by Gasteiger charge is -2.56. The third kappa shape index (κ3) is 8.01. The number of carbonyl (C=O) groups is 1. The predicted molar refractivity (Wildman–Crippen MR) is 267 cm³/mol. The Bertz CT molecular complexity index is 3040. The highest BCUT2D eigenvalue weighted by Gasteiger charge is 2.50. The van der Waals surface area contributed by atoms with Crippen LogP contribution >= 0.6 is 0 Å². The molecule has 8 heterocycles. The molecule has 17 nitrogen and oxygen atoms in total. The molecule has 18 heteroatoms. The number of fused-ring (bicyclic) bond motifs is 5. The summed E-state index contributed by atoms with van der Waals surface area (Å²) in [6.07, 6.45) is 9.47. The Morgan fingerprint density at radius 3 is 2.60 bits per heavy atom. The van der Waals surface area contributed by atoms with Gasteiger partial charge in [0, 0.05) is 73.7 Å². The summed E-state index contributed by atoms with van der Waals surface area (Å²) in [5, 5.41) is 16.6. The van der Waals surface area contributed by atoms with Crippen LogP contribution in [-0.4, -0.2) is 122 Å². The van der Waals surface area contributed by atoms with Crippen LogP contribution < -0.4 is 29.3 Å². The van der Waals surface area contributed by atoms with E-state index in [2.05, 4.69) is 67.5 Å². The number of aromatic amines is 1. The first-order chi connectivity index (χ1) is 33.8. The second-order valence-electron chi connectivity index (χ2n) is 20.7. The fourth-order valence-electron chi connectivity index (χ4n) is 12.6. The number of rotatable bonds is 11. The first-order valence-electron chi connectivity index (χ1n) is 24.7. The van der Waals surface area contributed by atoms with Crippen molar-refractivity contribution in [1.82, 2.24) is 24.5 Å². The number of aromatic nitrogens is 2. The molecular formula is C52H59N9O8S. The lowest BCUT2D eigenvalue weighted by Crippen LogP contribution is -2.55. The molecule has 1 aliphatic carbocycles. The third-order valence-corrected chi connectivity index (χ3v) is 17.5. The Labute approximate surface area is 407 Å². The number of H-pyrrole nitrogens is 1. The largest absolute Gasteiger partial charge is 0.489 e. The molecule has 1 saturated carbocycles. The van der Waals surface area contributed by atoms with E-state index >= 15 is 0 Å². The van der Waals surface area contributed by atoms with Gasteiger partial charge in [-0.05, 0) is 112 Å². The van der Waals surface area contributed by atoms with Gasteiger partial charge in [-0.25, -0.2) is 13.1 Å². The van der Waals surface area contributed by atoms with Crippen LogP contribution in [-0.2, 0) is 14.8 Å². The van der Waals surface area contributed by atoms with E-state index in [1.54, 1.807) is 12.3 Å². The van der Waals surface area contributed by atoms with Gasteiger partial charge in [0.25, 0.3) is 21.6 Å². The maximum absolute atomic E-state index is 14.6. The van der Waals surface area contributed by atoms with Gasteiger partial charge in [-0.3, -0.25) is 24.7 Å². The Balaban J connectivity index is 0.799. The van der Waals surface area contributed by atoms with Gasteiger partial charge in [0.15, 0.2) is 11.4 Å². The number of piperidine rings is 1. The number of nitro groups is 1. The number of amides is 1. The van der Waals surface area contributed by atoms with E-state index in [0.29, 0.717) is 60.7 Å². The van der Waals surface area contributed by atoms with Gasteiger partial charge < -0.3 is 34.3 Å². The molecule has 0 unspecified atom stereocenters. The van der Waals surface area contributed by atoms with E-state index in [1.165, 1.54) is 42.9 Å². The molecule has 2 bridgehead atoms. The molecule has 3 aromatic carbocycles. The molecule has 1 spiro atoms. The number of allylic oxidation sites excluding steroid dienone is 1. The topological polar surface area (TPSA) is 188 Å². The molecule has 12 rings (SSSR count). The number of likely N-dealkylation sites (tertiary alicyclic amines) is 2. The molecule has 70 heavy (non-hydrogen) atoms. The second kappa shape index (κ2) is 17.3. The minimum Gasteiger partial charge on any atom is -0.489 e. The SMILES string of the molecule is C=C(C)c1ccccc1[C@@H]1CCCN1C1CC2(CCN(c3ccc(C(=O)NS(=O)(=O)c4cc5c(c([N+](=O)[O-])c4)N[C@H](CN4C[C@H]6C[C@@H]4CO6)CO5)c(N4C[C@@H](C)Oc5nc6[nH]ccc6cc54)c3)CC2)C1. The van der Waals surface area contributed by atoms with Crippen molar-refractivity contribution < 1.29 is 32.3 Å². The average Bonchev–Trinajstić information content (AvgIpc) is 4.18. The Kier molecular flexibility index (Phi) is 11.1. The summed E-state index contributed by atoms with van der Waals surface area (Å²) in [6.45, 7) is 13.7. The van der Waals surface area contributed by atoms with E-state index < -0.39 is 31.4 Å². The number of ether oxygens (including phenoxy) is 3. The van der Waals surface area contributed by atoms with Crippen molar-refractivity contribution in [3.05, 3.63) is 106 Å². The van der Waals surface area contributed by atoms with Gasteiger partial charge in [-0.2, -0.15) is 4.98 Å². The number of pyridine rings is 1. The van der Waals surface area contributed by atoms with E-state index in [0.717, 1.165) is 68.2 Å². The Morgan fingerprint density at radius 2 is 1.83 bits per heavy atom.